The fourth-order valence-electron chi connectivity index (χ4n) is 3.94. The van der Waals surface area contributed by atoms with Crippen LogP contribution < -0.4 is 14.2 Å². The number of carbonyl (C=O) groups is 1. The molecule has 3 aromatic carbocycles. The van der Waals surface area contributed by atoms with Crippen molar-refractivity contribution in [2.45, 2.75) is 18.8 Å². The zero-order chi connectivity index (χ0) is 24.8. The molecule has 1 unspecified atom stereocenters. The molecule has 3 N–H and O–H groups in total. The summed E-state index contributed by atoms with van der Waals surface area (Å²) in [5, 5.41) is 30.4. The molecule has 0 saturated heterocycles. The van der Waals surface area contributed by atoms with E-state index in [-0.39, 0.29) is 41.1 Å². The van der Waals surface area contributed by atoms with E-state index in [9.17, 15) is 20.1 Å². The number of aromatic hydroxyl groups is 3. The third-order valence-electron chi connectivity index (χ3n) is 5.56. The summed E-state index contributed by atoms with van der Waals surface area (Å²) >= 11 is 0. The quantitative estimate of drug-likeness (QED) is 0.398. The van der Waals surface area contributed by atoms with Crippen LogP contribution in [-0.2, 0) is 9.53 Å². The molecule has 8 nitrogen and oxygen atoms in total. The molecule has 0 aliphatic heterocycles. The third-order valence-corrected chi connectivity index (χ3v) is 5.56. The van der Waals surface area contributed by atoms with Crippen LogP contribution in [0, 0.1) is 0 Å². The van der Waals surface area contributed by atoms with Crippen molar-refractivity contribution in [3.63, 3.8) is 0 Å². The zero-order valence-corrected chi connectivity index (χ0v) is 19.4. The first-order chi connectivity index (χ1) is 16.3. The number of phenols is 3. The molecule has 8 heteroatoms. The number of carbonyl (C=O) groups excluding carboxylic acids is 1. The summed E-state index contributed by atoms with van der Waals surface area (Å²) in [5.41, 5.74) is 1.83. The maximum Gasteiger partial charge on any atom is 0.314 e. The van der Waals surface area contributed by atoms with E-state index in [1.165, 1.54) is 39.5 Å². The van der Waals surface area contributed by atoms with Crippen LogP contribution in [0.25, 0.3) is 0 Å². The highest BCUT2D eigenvalue weighted by Gasteiger charge is 2.35. The number of phenolic OH excluding ortho intramolecular Hbond substituents is 3. The van der Waals surface area contributed by atoms with Gasteiger partial charge in [0.1, 0.15) is 0 Å². The van der Waals surface area contributed by atoms with Gasteiger partial charge in [0.2, 0.25) is 0 Å². The lowest BCUT2D eigenvalue weighted by molar-refractivity contribution is -0.145. The molecule has 3 aromatic rings. The number of methoxy groups -OCH3 is 3. The van der Waals surface area contributed by atoms with Crippen LogP contribution in [0.1, 0.15) is 35.4 Å². The summed E-state index contributed by atoms with van der Waals surface area (Å²) in [6.45, 7) is 1.88. The van der Waals surface area contributed by atoms with E-state index in [2.05, 4.69) is 0 Å². The van der Waals surface area contributed by atoms with Crippen LogP contribution in [0.4, 0.5) is 0 Å². The van der Waals surface area contributed by atoms with Gasteiger partial charge < -0.3 is 34.3 Å². The summed E-state index contributed by atoms with van der Waals surface area (Å²) in [7, 11) is 4.29. The Bertz CT molecular complexity index is 1100. The van der Waals surface area contributed by atoms with E-state index >= 15 is 0 Å². The number of esters is 1. The Kier molecular flexibility index (Phi) is 7.73. The van der Waals surface area contributed by atoms with Gasteiger partial charge in [-0.25, -0.2) is 0 Å². The van der Waals surface area contributed by atoms with E-state index in [4.69, 9.17) is 18.9 Å². The van der Waals surface area contributed by atoms with Crippen molar-refractivity contribution in [3.05, 3.63) is 71.3 Å². The maximum atomic E-state index is 13.4. The summed E-state index contributed by atoms with van der Waals surface area (Å²) in [4.78, 5) is 13.4. The predicted molar refractivity (Wildman–Crippen MR) is 125 cm³/mol. The molecule has 1 atom stereocenters. The minimum atomic E-state index is -0.877. The summed E-state index contributed by atoms with van der Waals surface area (Å²) in [6, 6.07) is 14.3. The van der Waals surface area contributed by atoms with Crippen LogP contribution in [-0.4, -0.2) is 49.2 Å². The van der Waals surface area contributed by atoms with E-state index in [0.29, 0.717) is 16.7 Å². The van der Waals surface area contributed by atoms with Gasteiger partial charge in [-0.15, -0.1) is 0 Å². The molecular formula is C26H28O8. The molecule has 180 valence electrons. The molecule has 0 spiro atoms. The largest absolute Gasteiger partial charge is 0.504 e. The number of hydrogen-bond acceptors (Lipinski definition) is 8. The van der Waals surface area contributed by atoms with Crippen LogP contribution in [0.3, 0.4) is 0 Å². The smallest absolute Gasteiger partial charge is 0.314 e. The van der Waals surface area contributed by atoms with Crippen molar-refractivity contribution in [2.24, 2.45) is 0 Å². The Morgan fingerprint density at radius 1 is 0.706 bits per heavy atom. The molecule has 0 bridgehead atoms. The minimum Gasteiger partial charge on any atom is -0.504 e. The zero-order valence-electron chi connectivity index (χ0n) is 19.4. The second-order valence-electron chi connectivity index (χ2n) is 7.50. The first-order valence-electron chi connectivity index (χ1n) is 10.6. The molecule has 3 rings (SSSR count). The Balaban J connectivity index is 2.31. The maximum absolute atomic E-state index is 13.4. The average molecular weight is 469 g/mol. The van der Waals surface area contributed by atoms with Crippen LogP contribution >= 0.6 is 0 Å². The Morgan fingerprint density at radius 2 is 1.09 bits per heavy atom. The highest BCUT2D eigenvalue weighted by Crippen LogP contribution is 2.45. The summed E-state index contributed by atoms with van der Waals surface area (Å²) < 4.78 is 21.3. The van der Waals surface area contributed by atoms with Crippen LogP contribution in [0.5, 0.6) is 34.5 Å². The van der Waals surface area contributed by atoms with Gasteiger partial charge in [-0.2, -0.15) is 0 Å². The van der Waals surface area contributed by atoms with Gasteiger partial charge in [0.25, 0.3) is 0 Å². The van der Waals surface area contributed by atoms with Crippen LogP contribution in [0.2, 0.25) is 0 Å². The van der Waals surface area contributed by atoms with Crippen molar-refractivity contribution >= 4 is 5.97 Å². The summed E-state index contributed by atoms with van der Waals surface area (Å²) in [6.07, 6.45) is 0. The van der Waals surface area contributed by atoms with Gasteiger partial charge in [0, 0.05) is 5.92 Å². The van der Waals surface area contributed by atoms with E-state index in [0.717, 1.165) is 0 Å². The van der Waals surface area contributed by atoms with Gasteiger partial charge in [0.15, 0.2) is 34.5 Å². The second-order valence-corrected chi connectivity index (χ2v) is 7.50. The fraction of sp³-hybridized carbons (Fsp3) is 0.269. The number of benzene rings is 3. The SMILES string of the molecule is CCOC(=O)C(c1ccc(O)c(OC)c1)C(c1ccc(O)c(OC)c1)c1ccc(O)c(OC)c1. The van der Waals surface area contributed by atoms with Crippen LogP contribution in [0.15, 0.2) is 54.6 Å². The van der Waals surface area contributed by atoms with Gasteiger partial charge in [-0.3, -0.25) is 4.79 Å². The standard InChI is InChI=1S/C26H28O8/c1-5-34-26(30)25(17-8-11-20(29)23(14-17)33-4)24(15-6-9-18(27)21(12-15)31-2)16-7-10-19(28)22(13-16)32-3/h6-14,24-25,27-29H,5H2,1-4H3. The molecule has 0 radical (unpaired) electrons. The minimum absolute atomic E-state index is 0.0488. The van der Waals surface area contributed by atoms with Crippen molar-refractivity contribution in [3.8, 4) is 34.5 Å². The molecule has 0 aliphatic carbocycles. The van der Waals surface area contributed by atoms with E-state index in [1.807, 2.05) is 0 Å². The van der Waals surface area contributed by atoms with E-state index < -0.39 is 17.8 Å². The molecule has 34 heavy (non-hydrogen) atoms. The number of ether oxygens (including phenoxy) is 4. The summed E-state index contributed by atoms with van der Waals surface area (Å²) in [5.74, 6) is -1.51. The molecule has 0 saturated carbocycles. The highest BCUT2D eigenvalue weighted by atomic mass is 16.5. The fourth-order valence-corrected chi connectivity index (χ4v) is 3.94. The van der Waals surface area contributed by atoms with Crippen molar-refractivity contribution in [1.82, 2.24) is 0 Å². The predicted octanol–water partition coefficient (Wildman–Crippen LogP) is 4.31. The van der Waals surface area contributed by atoms with Gasteiger partial charge in [-0.1, -0.05) is 18.2 Å². The first-order valence-corrected chi connectivity index (χ1v) is 10.6. The lowest BCUT2D eigenvalue weighted by atomic mass is 9.76. The van der Waals surface area contributed by atoms with Crippen molar-refractivity contribution in [1.29, 1.82) is 0 Å². The molecule has 0 fully saturated rings. The Morgan fingerprint density at radius 3 is 1.47 bits per heavy atom. The molecule has 0 amide bonds. The number of rotatable bonds is 9. The molecular weight excluding hydrogens is 440 g/mol. The van der Waals surface area contributed by atoms with Crippen molar-refractivity contribution in [2.75, 3.05) is 27.9 Å². The van der Waals surface area contributed by atoms with Gasteiger partial charge in [0.05, 0.1) is 33.9 Å². The van der Waals surface area contributed by atoms with Gasteiger partial charge in [-0.05, 0) is 60.0 Å². The molecule has 0 aromatic heterocycles. The average Bonchev–Trinajstić information content (AvgIpc) is 2.84. The molecule has 0 heterocycles. The lowest BCUT2D eigenvalue weighted by Crippen LogP contribution is -2.24. The normalized spacial score (nSPS) is 11.7. The molecule has 0 aliphatic rings. The topological polar surface area (TPSA) is 115 Å². The number of hydrogen-bond donors (Lipinski definition) is 3. The Hall–Kier alpha value is -4.07. The van der Waals surface area contributed by atoms with E-state index in [1.54, 1.807) is 43.3 Å². The lowest BCUT2D eigenvalue weighted by Gasteiger charge is -2.28. The van der Waals surface area contributed by atoms with Gasteiger partial charge >= 0.3 is 5.97 Å². The Labute approximate surface area is 197 Å². The monoisotopic (exact) mass is 468 g/mol. The highest BCUT2D eigenvalue weighted by molar-refractivity contribution is 5.81. The third kappa shape index (κ3) is 4.96. The second kappa shape index (κ2) is 10.7. The first kappa shape index (κ1) is 24.6. The van der Waals surface area contributed by atoms with Crippen molar-refractivity contribution < 1.29 is 39.1 Å².